The summed E-state index contributed by atoms with van der Waals surface area (Å²) in [5.74, 6) is -0.125. The molecule has 0 bridgehead atoms. The number of imidazole rings is 1. The number of amides is 2. The maximum Gasteiger partial charge on any atom is 0.276 e. The van der Waals surface area contributed by atoms with E-state index >= 15 is 0 Å². The van der Waals surface area contributed by atoms with E-state index in [0.29, 0.717) is 18.8 Å². The Morgan fingerprint density at radius 3 is 2.79 bits per heavy atom. The van der Waals surface area contributed by atoms with E-state index in [0.717, 1.165) is 42.6 Å². The zero-order valence-corrected chi connectivity index (χ0v) is 15.6. The van der Waals surface area contributed by atoms with E-state index in [1.807, 2.05) is 48.8 Å². The Bertz CT molecular complexity index is 1010. The normalized spacial score (nSPS) is 15.3. The van der Waals surface area contributed by atoms with Gasteiger partial charge in [0.25, 0.3) is 5.91 Å². The van der Waals surface area contributed by atoms with Crippen LogP contribution in [0.3, 0.4) is 0 Å². The molecule has 4 rings (SSSR count). The minimum Gasteiger partial charge on any atom is -0.317 e. The van der Waals surface area contributed by atoms with E-state index in [1.165, 1.54) is 0 Å². The Morgan fingerprint density at radius 1 is 1.14 bits per heavy atom. The molecule has 0 spiro atoms. The first-order valence-electron chi connectivity index (χ1n) is 9.46. The van der Waals surface area contributed by atoms with Crippen molar-refractivity contribution in [1.29, 1.82) is 0 Å². The summed E-state index contributed by atoms with van der Waals surface area (Å²) < 4.78 is 1.79. The first kappa shape index (κ1) is 18.0. The number of carbonyl (C=O) groups excluding carboxylic acids is 2. The largest absolute Gasteiger partial charge is 0.317 e. The highest BCUT2D eigenvalue weighted by Gasteiger charge is 2.22. The average molecular weight is 374 g/mol. The topological polar surface area (TPSA) is 57.9 Å². The lowest BCUT2D eigenvalue weighted by atomic mass is 10.1. The van der Waals surface area contributed by atoms with Crippen LogP contribution >= 0.6 is 0 Å². The van der Waals surface area contributed by atoms with Crippen LogP contribution in [0.2, 0.25) is 0 Å². The van der Waals surface area contributed by atoms with Gasteiger partial charge in [0.05, 0.1) is 6.20 Å². The van der Waals surface area contributed by atoms with Gasteiger partial charge < -0.3 is 9.80 Å². The van der Waals surface area contributed by atoms with Gasteiger partial charge in [0, 0.05) is 31.2 Å². The Balaban J connectivity index is 1.64. The SMILES string of the molecule is O=CN1CCC/C1=C\N(CCc1ccccc1)C(=O)c1cnc2ccccn12. The Labute approximate surface area is 163 Å². The van der Waals surface area contributed by atoms with Gasteiger partial charge in [-0.2, -0.15) is 0 Å². The van der Waals surface area contributed by atoms with E-state index in [-0.39, 0.29) is 5.91 Å². The molecule has 2 aromatic heterocycles. The van der Waals surface area contributed by atoms with Crippen molar-refractivity contribution in [2.75, 3.05) is 13.1 Å². The molecule has 1 fully saturated rings. The van der Waals surface area contributed by atoms with Crippen LogP contribution < -0.4 is 0 Å². The molecule has 28 heavy (non-hydrogen) atoms. The van der Waals surface area contributed by atoms with Crippen molar-refractivity contribution < 1.29 is 9.59 Å². The van der Waals surface area contributed by atoms with Crippen LogP contribution in [0.25, 0.3) is 5.65 Å². The van der Waals surface area contributed by atoms with Gasteiger partial charge in [-0.25, -0.2) is 4.98 Å². The van der Waals surface area contributed by atoms with Crippen molar-refractivity contribution in [3.63, 3.8) is 0 Å². The number of nitrogens with zero attached hydrogens (tertiary/aromatic N) is 4. The number of rotatable bonds is 6. The first-order chi connectivity index (χ1) is 13.8. The van der Waals surface area contributed by atoms with Crippen molar-refractivity contribution in [2.45, 2.75) is 19.3 Å². The van der Waals surface area contributed by atoms with Gasteiger partial charge in [-0.05, 0) is 37.0 Å². The fourth-order valence-electron chi connectivity index (χ4n) is 3.51. The molecule has 1 saturated heterocycles. The Hall–Kier alpha value is -3.41. The van der Waals surface area contributed by atoms with Crippen molar-refractivity contribution in [3.8, 4) is 0 Å². The lowest BCUT2D eigenvalue weighted by molar-refractivity contribution is -0.115. The minimum atomic E-state index is -0.125. The highest BCUT2D eigenvalue weighted by Crippen LogP contribution is 2.21. The number of likely N-dealkylation sites (tertiary alicyclic amines) is 1. The number of benzene rings is 1. The lowest BCUT2D eigenvalue weighted by Crippen LogP contribution is -2.30. The number of hydrogen-bond acceptors (Lipinski definition) is 3. The molecule has 3 aromatic rings. The van der Waals surface area contributed by atoms with Crippen LogP contribution in [0.4, 0.5) is 0 Å². The van der Waals surface area contributed by atoms with Crippen molar-refractivity contribution in [1.82, 2.24) is 19.2 Å². The zero-order chi connectivity index (χ0) is 19.3. The van der Waals surface area contributed by atoms with E-state index in [4.69, 9.17) is 0 Å². The number of hydrogen-bond donors (Lipinski definition) is 0. The summed E-state index contributed by atoms with van der Waals surface area (Å²) in [7, 11) is 0. The van der Waals surface area contributed by atoms with Crippen LogP contribution in [-0.4, -0.2) is 44.6 Å². The maximum atomic E-state index is 13.3. The van der Waals surface area contributed by atoms with Gasteiger partial charge >= 0.3 is 0 Å². The second-order valence-electron chi connectivity index (χ2n) is 6.83. The summed E-state index contributed by atoms with van der Waals surface area (Å²) in [6.45, 7) is 1.23. The highest BCUT2D eigenvalue weighted by atomic mass is 16.2. The van der Waals surface area contributed by atoms with Crippen LogP contribution in [0.5, 0.6) is 0 Å². The second-order valence-corrected chi connectivity index (χ2v) is 6.83. The molecule has 6 heteroatoms. The smallest absolute Gasteiger partial charge is 0.276 e. The predicted octanol–water partition coefficient (Wildman–Crippen LogP) is 3.11. The molecule has 0 saturated carbocycles. The molecule has 6 nitrogen and oxygen atoms in total. The molecule has 142 valence electrons. The number of fused-ring (bicyclic) bond motifs is 1. The number of pyridine rings is 1. The second kappa shape index (κ2) is 8.08. The molecule has 1 aliphatic heterocycles. The van der Waals surface area contributed by atoms with Crippen LogP contribution in [-0.2, 0) is 11.2 Å². The van der Waals surface area contributed by atoms with Gasteiger partial charge in [-0.1, -0.05) is 36.4 Å². The Kier molecular flexibility index (Phi) is 5.19. The summed E-state index contributed by atoms with van der Waals surface area (Å²) in [6, 6.07) is 15.7. The summed E-state index contributed by atoms with van der Waals surface area (Å²) >= 11 is 0. The predicted molar refractivity (Wildman–Crippen MR) is 106 cm³/mol. The standard InChI is InChI=1S/C22H22N4O2/c27-17-25-12-6-9-19(25)16-24(14-11-18-7-2-1-3-8-18)22(28)20-15-23-21-10-4-5-13-26(20)21/h1-5,7-8,10,13,15-17H,6,9,11-12,14H2/b19-16+. The molecular weight excluding hydrogens is 352 g/mol. The maximum absolute atomic E-state index is 13.3. The summed E-state index contributed by atoms with van der Waals surface area (Å²) in [5, 5.41) is 0. The molecule has 0 aliphatic carbocycles. The van der Waals surface area contributed by atoms with Crippen molar-refractivity contribution >= 4 is 18.0 Å². The van der Waals surface area contributed by atoms with Gasteiger partial charge in [0.1, 0.15) is 11.3 Å². The molecule has 1 aromatic carbocycles. The number of aromatic nitrogens is 2. The molecule has 0 atom stereocenters. The summed E-state index contributed by atoms with van der Waals surface area (Å²) in [4.78, 5) is 32.4. The minimum absolute atomic E-state index is 0.125. The average Bonchev–Trinajstić information content (AvgIpc) is 3.37. The highest BCUT2D eigenvalue weighted by molar-refractivity contribution is 5.94. The van der Waals surface area contributed by atoms with Crippen molar-refractivity contribution in [2.24, 2.45) is 0 Å². The van der Waals surface area contributed by atoms with Crippen LogP contribution in [0, 0.1) is 0 Å². The third kappa shape index (κ3) is 3.67. The number of carbonyl (C=O) groups is 2. The van der Waals surface area contributed by atoms with Crippen molar-refractivity contribution in [3.05, 3.63) is 84.1 Å². The Morgan fingerprint density at radius 2 is 1.96 bits per heavy atom. The van der Waals surface area contributed by atoms with E-state index in [2.05, 4.69) is 17.1 Å². The number of allylic oxidation sites excluding steroid dienone is 1. The summed E-state index contributed by atoms with van der Waals surface area (Å²) in [6.07, 6.45) is 8.56. The van der Waals surface area contributed by atoms with Crippen LogP contribution in [0.15, 0.2) is 72.8 Å². The fraction of sp³-hybridized carbons (Fsp3) is 0.227. The molecule has 1 aliphatic rings. The van der Waals surface area contributed by atoms with E-state index < -0.39 is 0 Å². The third-order valence-corrected chi connectivity index (χ3v) is 5.01. The van der Waals surface area contributed by atoms with Crippen LogP contribution in [0.1, 0.15) is 28.9 Å². The quantitative estimate of drug-likeness (QED) is 0.623. The molecule has 0 N–H and O–H groups in total. The van der Waals surface area contributed by atoms with Gasteiger partial charge in [-0.15, -0.1) is 0 Å². The third-order valence-electron chi connectivity index (χ3n) is 5.01. The molecular formula is C22H22N4O2. The lowest BCUT2D eigenvalue weighted by Gasteiger charge is -2.21. The van der Waals surface area contributed by atoms with Gasteiger partial charge in [0.2, 0.25) is 6.41 Å². The van der Waals surface area contributed by atoms with Gasteiger partial charge in [0.15, 0.2) is 0 Å². The molecule has 0 unspecified atom stereocenters. The monoisotopic (exact) mass is 374 g/mol. The fourth-order valence-corrected chi connectivity index (χ4v) is 3.51. The molecule has 3 heterocycles. The summed E-state index contributed by atoms with van der Waals surface area (Å²) in [5.41, 5.74) is 3.29. The van der Waals surface area contributed by atoms with E-state index in [9.17, 15) is 9.59 Å². The molecule has 2 amide bonds. The van der Waals surface area contributed by atoms with E-state index in [1.54, 1.807) is 20.4 Å². The first-order valence-corrected chi connectivity index (χ1v) is 9.46. The van der Waals surface area contributed by atoms with Gasteiger partial charge in [-0.3, -0.25) is 14.0 Å². The zero-order valence-electron chi connectivity index (χ0n) is 15.6. The molecule has 0 radical (unpaired) electrons.